The number of benzene rings is 1. The van der Waals surface area contributed by atoms with E-state index in [1.54, 1.807) is 7.11 Å². The van der Waals surface area contributed by atoms with Crippen molar-refractivity contribution in [2.75, 3.05) is 20.2 Å². The molecule has 1 aromatic rings. The molecule has 4 nitrogen and oxygen atoms in total. The van der Waals surface area contributed by atoms with Gasteiger partial charge in [0.1, 0.15) is 5.75 Å². The van der Waals surface area contributed by atoms with Gasteiger partial charge in [0.25, 0.3) is 0 Å². The first-order chi connectivity index (χ1) is 9.04. The molecule has 5 heteroatoms. The Balaban J connectivity index is 2.52. The molecule has 104 valence electrons. The molecule has 0 bridgehead atoms. The summed E-state index contributed by atoms with van der Waals surface area (Å²) in [5, 5.41) is 3.07. The van der Waals surface area contributed by atoms with Gasteiger partial charge in [0, 0.05) is 6.54 Å². The van der Waals surface area contributed by atoms with Crippen molar-refractivity contribution in [1.29, 1.82) is 0 Å². The zero-order chi connectivity index (χ0) is 14.3. The van der Waals surface area contributed by atoms with Gasteiger partial charge in [0.15, 0.2) is 5.96 Å². The highest BCUT2D eigenvalue weighted by atomic mass is 79.9. The second-order valence-corrected chi connectivity index (χ2v) is 5.12. The minimum Gasteiger partial charge on any atom is -0.495 e. The number of hydrogen-bond donors (Lipinski definition) is 2. The topological polar surface area (TPSA) is 59.6 Å². The quantitative estimate of drug-likeness (QED) is 0.480. The normalized spacial score (nSPS) is 11.2. The third kappa shape index (κ3) is 5.34. The van der Waals surface area contributed by atoms with Gasteiger partial charge in [0.2, 0.25) is 0 Å². The van der Waals surface area contributed by atoms with Crippen LogP contribution in [0, 0.1) is 0 Å². The second-order valence-electron chi connectivity index (χ2n) is 4.27. The lowest BCUT2D eigenvalue weighted by atomic mass is 10.1. The lowest BCUT2D eigenvalue weighted by molar-refractivity contribution is 0.407. The number of aliphatic imine (C=N–C) groups is 1. The maximum atomic E-state index is 5.74. The smallest absolute Gasteiger partial charge is 0.188 e. The highest BCUT2D eigenvalue weighted by Crippen LogP contribution is 2.28. The van der Waals surface area contributed by atoms with Gasteiger partial charge in [0.05, 0.1) is 18.1 Å². The van der Waals surface area contributed by atoms with Gasteiger partial charge in [-0.25, -0.2) is 4.99 Å². The first-order valence-electron chi connectivity index (χ1n) is 6.04. The molecule has 19 heavy (non-hydrogen) atoms. The predicted molar refractivity (Wildman–Crippen MR) is 83.7 cm³/mol. The van der Waals surface area contributed by atoms with Crippen molar-refractivity contribution in [2.24, 2.45) is 10.7 Å². The van der Waals surface area contributed by atoms with Crippen molar-refractivity contribution >= 4 is 21.9 Å². The van der Waals surface area contributed by atoms with Crippen LogP contribution in [-0.4, -0.2) is 26.2 Å². The monoisotopic (exact) mass is 325 g/mol. The van der Waals surface area contributed by atoms with Crippen LogP contribution in [0.1, 0.15) is 12.5 Å². The van der Waals surface area contributed by atoms with Gasteiger partial charge in [-0.3, -0.25) is 0 Å². The molecule has 0 fully saturated rings. The summed E-state index contributed by atoms with van der Waals surface area (Å²) in [7, 11) is 1.67. The molecule has 0 heterocycles. The molecule has 0 saturated heterocycles. The average molecular weight is 326 g/mol. The van der Waals surface area contributed by atoms with Crippen LogP contribution in [0.5, 0.6) is 5.75 Å². The summed E-state index contributed by atoms with van der Waals surface area (Å²) in [5.41, 5.74) is 7.85. The molecule has 0 aromatic heterocycles. The maximum absolute atomic E-state index is 5.74. The molecule has 0 amide bonds. The zero-order valence-electron chi connectivity index (χ0n) is 11.4. The standard InChI is InChI=1S/C14H20BrN3O/c1-10(2)9-18-14(16)17-8-7-11-5-4-6-12(15)13(11)19-3/h4-6H,1,7-9H2,2-3H3,(H3,16,17,18). The van der Waals surface area contributed by atoms with Crippen LogP contribution >= 0.6 is 15.9 Å². The van der Waals surface area contributed by atoms with E-state index >= 15 is 0 Å². The number of rotatable bonds is 6. The molecule has 0 saturated carbocycles. The fourth-order valence-electron chi connectivity index (χ4n) is 1.58. The van der Waals surface area contributed by atoms with Crippen molar-refractivity contribution in [3.05, 3.63) is 40.4 Å². The summed E-state index contributed by atoms with van der Waals surface area (Å²) in [5.74, 6) is 1.30. The van der Waals surface area contributed by atoms with E-state index < -0.39 is 0 Å². The van der Waals surface area contributed by atoms with Crippen LogP contribution in [0.25, 0.3) is 0 Å². The Labute approximate surface area is 122 Å². The molecule has 0 unspecified atom stereocenters. The van der Waals surface area contributed by atoms with E-state index in [2.05, 4.69) is 32.8 Å². The van der Waals surface area contributed by atoms with Gasteiger partial charge in [-0.15, -0.1) is 0 Å². The average Bonchev–Trinajstić information content (AvgIpc) is 2.36. The first-order valence-corrected chi connectivity index (χ1v) is 6.83. The third-order valence-electron chi connectivity index (χ3n) is 2.47. The number of methoxy groups -OCH3 is 1. The Morgan fingerprint density at radius 3 is 2.89 bits per heavy atom. The molecule has 0 aliphatic carbocycles. The van der Waals surface area contributed by atoms with Crippen molar-refractivity contribution in [2.45, 2.75) is 13.3 Å². The van der Waals surface area contributed by atoms with Crippen LogP contribution in [-0.2, 0) is 6.42 Å². The Bertz CT molecular complexity index is 472. The maximum Gasteiger partial charge on any atom is 0.188 e. The van der Waals surface area contributed by atoms with Crippen LogP contribution in [0.4, 0.5) is 0 Å². The number of nitrogens with zero attached hydrogens (tertiary/aromatic N) is 1. The third-order valence-corrected chi connectivity index (χ3v) is 3.10. The predicted octanol–water partition coefficient (Wildman–Crippen LogP) is 2.48. The number of nitrogens with one attached hydrogen (secondary N) is 1. The zero-order valence-corrected chi connectivity index (χ0v) is 13.0. The summed E-state index contributed by atoms with van der Waals surface area (Å²) in [6.45, 7) is 6.96. The summed E-state index contributed by atoms with van der Waals surface area (Å²) in [4.78, 5) is 4.16. The molecule has 0 radical (unpaired) electrons. The van der Waals surface area contributed by atoms with Crippen molar-refractivity contribution < 1.29 is 4.74 Å². The Morgan fingerprint density at radius 1 is 1.53 bits per heavy atom. The molecule has 0 aliphatic rings. The SMILES string of the molecule is C=C(C)CN=C(N)NCCc1cccc(Br)c1OC. The summed E-state index contributed by atoms with van der Waals surface area (Å²) in [6, 6.07) is 5.98. The van der Waals surface area contributed by atoms with Gasteiger partial charge >= 0.3 is 0 Å². The molecular formula is C14H20BrN3O. The largest absolute Gasteiger partial charge is 0.495 e. The summed E-state index contributed by atoms with van der Waals surface area (Å²) in [6.07, 6.45) is 0.811. The van der Waals surface area contributed by atoms with Crippen LogP contribution in [0.15, 0.2) is 39.8 Å². The fourth-order valence-corrected chi connectivity index (χ4v) is 2.15. The molecular weight excluding hydrogens is 306 g/mol. The highest BCUT2D eigenvalue weighted by Gasteiger charge is 2.06. The Morgan fingerprint density at radius 2 is 2.26 bits per heavy atom. The lowest BCUT2D eigenvalue weighted by Crippen LogP contribution is -2.33. The van der Waals surface area contributed by atoms with Crippen molar-refractivity contribution in [3.63, 3.8) is 0 Å². The van der Waals surface area contributed by atoms with Crippen molar-refractivity contribution in [3.8, 4) is 5.75 Å². The van der Waals surface area contributed by atoms with E-state index in [-0.39, 0.29) is 0 Å². The number of hydrogen-bond acceptors (Lipinski definition) is 2. The second kappa shape index (κ2) is 7.84. The van der Waals surface area contributed by atoms with Gasteiger partial charge in [-0.05, 0) is 40.9 Å². The molecule has 1 aromatic carbocycles. The van der Waals surface area contributed by atoms with E-state index in [9.17, 15) is 0 Å². The van der Waals surface area contributed by atoms with Crippen LogP contribution in [0.2, 0.25) is 0 Å². The fraction of sp³-hybridized carbons (Fsp3) is 0.357. The molecule has 1 rings (SSSR count). The number of guanidine groups is 1. The van der Waals surface area contributed by atoms with E-state index in [0.717, 1.165) is 27.8 Å². The minimum absolute atomic E-state index is 0.442. The summed E-state index contributed by atoms with van der Waals surface area (Å²) < 4.78 is 6.32. The van der Waals surface area contributed by atoms with Crippen LogP contribution in [0.3, 0.4) is 0 Å². The van der Waals surface area contributed by atoms with E-state index in [1.165, 1.54) is 0 Å². The lowest BCUT2D eigenvalue weighted by Gasteiger charge is -2.11. The molecule has 0 atom stereocenters. The van der Waals surface area contributed by atoms with E-state index in [4.69, 9.17) is 10.5 Å². The molecule has 3 N–H and O–H groups in total. The number of nitrogens with two attached hydrogens (primary N) is 1. The van der Waals surface area contributed by atoms with Crippen LogP contribution < -0.4 is 15.8 Å². The minimum atomic E-state index is 0.442. The van der Waals surface area contributed by atoms with Gasteiger partial charge < -0.3 is 15.8 Å². The first kappa shape index (κ1) is 15.6. The number of ether oxygens (including phenoxy) is 1. The Hall–Kier alpha value is -1.49. The number of para-hydroxylation sites is 1. The Kier molecular flexibility index (Phi) is 6.42. The summed E-state index contributed by atoms with van der Waals surface area (Å²) >= 11 is 3.47. The van der Waals surface area contributed by atoms with E-state index in [1.807, 2.05) is 25.1 Å². The molecule has 0 spiro atoms. The highest BCUT2D eigenvalue weighted by molar-refractivity contribution is 9.10. The van der Waals surface area contributed by atoms with Gasteiger partial charge in [-0.2, -0.15) is 0 Å². The van der Waals surface area contributed by atoms with Gasteiger partial charge in [-0.1, -0.05) is 24.3 Å². The van der Waals surface area contributed by atoms with Crippen molar-refractivity contribution in [1.82, 2.24) is 5.32 Å². The van der Waals surface area contributed by atoms with E-state index in [0.29, 0.717) is 19.0 Å². The molecule has 0 aliphatic heterocycles. The number of halogens is 1.